The summed E-state index contributed by atoms with van der Waals surface area (Å²) in [6, 6.07) is 0. The van der Waals surface area contributed by atoms with Crippen LogP contribution in [0.4, 0.5) is 0 Å². The van der Waals surface area contributed by atoms with Crippen LogP contribution in [0.2, 0.25) is 0 Å². The molecule has 1 N–H and O–H groups in total. The van der Waals surface area contributed by atoms with Gasteiger partial charge in [0.2, 0.25) is 0 Å². The highest BCUT2D eigenvalue weighted by Crippen LogP contribution is 2.26. The van der Waals surface area contributed by atoms with E-state index < -0.39 is 15.4 Å². The first-order valence-electron chi connectivity index (χ1n) is 5.97. The molecule has 0 aromatic heterocycles. The molecule has 1 rings (SSSR count). The molecule has 16 heavy (non-hydrogen) atoms. The van der Waals surface area contributed by atoms with Crippen LogP contribution in [-0.4, -0.2) is 55.7 Å². The average molecular weight is 249 g/mol. The molecule has 1 unspecified atom stereocenters. The van der Waals surface area contributed by atoms with Gasteiger partial charge in [0.25, 0.3) is 0 Å². The fourth-order valence-electron chi connectivity index (χ4n) is 2.18. The van der Waals surface area contributed by atoms with E-state index in [2.05, 4.69) is 11.8 Å². The Morgan fingerprint density at radius 2 is 2.00 bits per heavy atom. The minimum absolute atomic E-state index is 0.0929. The maximum atomic E-state index is 11.1. The Balaban J connectivity index is 2.50. The van der Waals surface area contributed by atoms with Gasteiger partial charge in [0.1, 0.15) is 9.84 Å². The standard InChI is InChI=1S/C11H23NO3S/c1-3-12-8-4-5-11(13,6-9-12)7-10-16(2,14)15/h13H,3-10H2,1-2H3. The van der Waals surface area contributed by atoms with E-state index in [-0.39, 0.29) is 5.75 Å². The van der Waals surface area contributed by atoms with Crippen molar-refractivity contribution in [1.82, 2.24) is 4.90 Å². The van der Waals surface area contributed by atoms with E-state index in [1.165, 1.54) is 6.26 Å². The predicted octanol–water partition coefficient (Wildman–Crippen LogP) is 0.658. The molecule has 0 amide bonds. The van der Waals surface area contributed by atoms with Crippen LogP contribution in [0.15, 0.2) is 0 Å². The van der Waals surface area contributed by atoms with Crippen molar-refractivity contribution in [2.75, 3.05) is 31.6 Å². The summed E-state index contributed by atoms with van der Waals surface area (Å²) in [5.74, 6) is 0.0929. The van der Waals surface area contributed by atoms with Crippen molar-refractivity contribution < 1.29 is 13.5 Å². The largest absolute Gasteiger partial charge is 0.390 e. The van der Waals surface area contributed by atoms with E-state index in [1.54, 1.807) is 0 Å². The lowest BCUT2D eigenvalue weighted by molar-refractivity contribution is 0.0225. The molecule has 0 aliphatic carbocycles. The smallest absolute Gasteiger partial charge is 0.147 e. The van der Waals surface area contributed by atoms with Crippen LogP contribution in [0, 0.1) is 0 Å². The molecule has 0 radical (unpaired) electrons. The van der Waals surface area contributed by atoms with E-state index >= 15 is 0 Å². The zero-order valence-corrected chi connectivity index (χ0v) is 11.1. The summed E-state index contributed by atoms with van der Waals surface area (Å²) in [7, 11) is -2.97. The van der Waals surface area contributed by atoms with Crippen molar-refractivity contribution in [1.29, 1.82) is 0 Å². The molecule has 1 atom stereocenters. The molecule has 0 bridgehead atoms. The second kappa shape index (κ2) is 5.47. The van der Waals surface area contributed by atoms with Crippen LogP contribution >= 0.6 is 0 Å². The Kier molecular flexibility index (Phi) is 4.76. The summed E-state index contributed by atoms with van der Waals surface area (Å²) in [5.41, 5.74) is -0.771. The van der Waals surface area contributed by atoms with E-state index in [9.17, 15) is 13.5 Å². The molecule has 1 saturated heterocycles. The number of sulfone groups is 1. The van der Waals surface area contributed by atoms with Gasteiger partial charge in [-0.25, -0.2) is 8.42 Å². The van der Waals surface area contributed by atoms with Crippen molar-refractivity contribution in [2.24, 2.45) is 0 Å². The topological polar surface area (TPSA) is 57.6 Å². The first kappa shape index (κ1) is 13.9. The lowest BCUT2D eigenvalue weighted by atomic mass is 9.92. The van der Waals surface area contributed by atoms with Gasteiger partial charge in [-0.2, -0.15) is 0 Å². The van der Waals surface area contributed by atoms with Gasteiger partial charge in [-0.15, -0.1) is 0 Å². The fraction of sp³-hybridized carbons (Fsp3) is 1.00. The van der Waals surface area contributed by atoms with Crippen LogP contribution < -0.4 is 0 Å². The number of hydrogen-bond acceptors (Lipinski definition) is 4. The number of nitrogens with zero attached hydrogens (tertiary/aromatic N) is 1. The number of aliphatic hydroxyl groups is 1. The summed E-state index contributed by atoms with van der Waals surface area (Å²) >= 11 is 0. The first-order valence-corrected chi connectivity index (χ1v) is 8.03. The monoisotopic (exact) mass is 249 g/mol. The van der Waals surface area contributed by atoms with Gasteiger partial charge in [-0.1, -0.05) is 6.92 Å². The van der Waals surface area contributed by atoms with E-state index in [0.29, 0.717) is 12.8 Å². The van der Waals surface area contributed by atoms with Crippen LogP contribution in [0.25, 0.3) is 0 Å². The molecule has 1 heterocycles. The highest BCUT2D eigenvalue weighted by atomic mass is 32.2. The van der Waals surface area contributed by atoms with E-state index in [4.69, 9.17) is 0 Å². The van der Waals surface area contributed by atoms with Crippen molar-refractivity contribution in [2.45, 2.75) is 38.2 Å². The third kappa shape index (κ3) is 4.80. The number of rotatable bonds is 4. The molecular weight excluding hydrogens is 226 g/mol. The molecule has 1 aliphatic heterocycles. The summed E-state index contributed by atoms with van der Waals surface area (Å²) in [5, 5.41) is 10.3. The van der Waals surface area contributed by atoms with Gasteiger partial charge in [0.15, 0.2) is 0 Å². The van der Waals surface area contributed by atoms with Crippen molar-refractivity contribution in [3.8, 4) is 0 Å². The molecule has 96 valence electrons. The van der Waals surface area contributed by atoms with Gasteiger partial charge in [-0.3, -0.25) is 0 Å². The van der Waals surface area contributed by atoms with Crippen LogP contribution in [0.3, 0.4) is 0 Å². The number of hydrogen-bond donors (Lipinski definition) is 1. The Morgan fingerprint density at radius 1 is 1.31 bits per heavy atom. The van der Waals surface area contributed by atoms with Crippen molar-refractivity contribution in [3.05, 3.63) is 0 Å². The van der Waals surface area contributed by atoms with Crippen LogP contribution in [-0.2, 0) is 9.84 Å². The second-order valence-electron chi connectivity index (χ2n) is 4.89. The maximum absolute atomic E-state index is 11.1. The molecule has 1 aliphatic rings. The maximum Gasteiger partial charge on any atom is 0.147 e. The van der Waals surface area contributed by atoms with Crippen LogP contribution in [0.1, 0.15) is 32.6 Å². The molecule has 1 fully saturated rings. The molecule has 0 saturated carbocycles. The first-order chi connectivity index (χ1) is 7.35. The Labute approximate surface area is 98.6 Å². The highest BCUT2D eigenvalue weighted by Gasteiger charge is 2.30. The minimum Gasteiger partial charge on any atom is -0.390 e. The van der Waals surface area contributed by atoms with Gasteiger partial charge < -0.3 is 10.0 Å². The molecular formula is C11H23NO3S. The van der Waals surface area contributed by atoms with E-state index in [0.717, 1.165) is 32.5 Å². The Hall–Kier alpha value is -0.130. The normalized spacial score (nSPS) is 28.9. The van der Waals surface area contributed by atoms with E-state index in [1.807, 2.05) is 0 Å². The molecule has 4 nitrogen and oxygen atoms in total. The minimum atomic E-state index is -2.97. The summed E-state index contributed by atoms with van der Waals surface area (Å²) in [6.07, 6.45) is 3.97. The zero-order chi connectivity index (χ0) is 12.2. The summed E-state index contributed by atoms with van der Waals surface area (Å²) in [6.45, 7) is 5.00. The van der Waals surface area contributed by atoms with Gasteiger partial charge in [0, 0.05) is 12.8 Å². The summed E-state index contributed by atoms with van der Waals surface area (Å²) < 4.78 is 22.2. The Bertz CT molecular complexity index is 315. The molecule has 0 spiro atoms. The van der Waals surface area contributed by atoms with Gasteiger partial charge in [-0.05, 0) is 38.8 Å². The number of likely N-dealkylation sites (tertiary alicyclic amines) is 1. The zero-order valence-electron chi connectivity index (χ0n) is 10.3. The third-order valence-electron chi connectivity index (χ3n) is 3.40. The lowest BCUT2D eigenvalue weighted by Gasteiger charge is -2.26. The lowest BCUT2D eigenvalue weighted by Crippen LogP contribution is -2.33. The third-order valence-corrected chi connectivity index (χ3v) is 4.34. The van der Waals surface area contributed by atoms with Crippen molar-refractivity contribution >= 4 is 9.84 Å². The predicted molar refractivity (Wildman–Crippen MR) is 65.2 cm³/mol. The average Bonchev–Trinajstić information content (AvgIpc) is 2.37. The van der Waals surface area contributed by atoms with Crippen LogP contribution in [0.5, 0.6) is 0 Å². The quantitative estimate of drug-likeness (QED) is 0.795. The highest BCUT2D eigenvalue weighted by molar-refractivity contribution is 7.90. The van der Waals surface area contributed by atoms with Crippen molar-refractivity contribution in [3.63, 3.8) is 0 Å². The fourth-order valence-corrected chi connectivity index (χ4v) is 2.93. The summed E-state index contributed by atoms with van der Waals surface area (Å²) in [4.78, 5) is 2.30. The Morgan fingerprint density at radius 3 is 2.56 bits per heavy atom. The van der Waals surface area contributed by atoms with Gasteiger partial charge in [0.05, 0.1) is 11.4 Å². The molecule has 0 aromatic rings. The SMILES string of the molecule is CCN1CCCC(O)(CCS(C)(=O)=O)CC1. The molecule has 0 aromatic carbocycles. The van der Waals surface area contributed by atoms with Gasteiger partial charge >= 0.3 is 0 Å². The second-order valence-corrected chi connectivity index (χ2v) is 7.15. The molecule has 5 heteroatoms.